The van der Waals surface area contributed by atoms with E-state index in [4.69, 9.17) is 4.74 Å². The predicted octanol–water partition coefficient (Wildman–Crippen LogP) is 3.07. The highest BCUT2D eigenvalue weighted by Gasteiger charge is 2.20. The van der Waals surface area contributed by atoms with Crippen molar-refractivity contribution in [2.75, 3.05) is 7.11 Å². The third-order valence-corrected chi connectivity index (χ3v) is 3.87. The SMILES string of the molecule is COc1ccc(-c2cc(CNC3CC3)sn2)cc1. The molecule has 1 heterocycles. The molecular formula is C14H16N2OS. The molecule has 1 fully saturated rings. The van der Waals surface area contributed by atoms with E-state index in [1.54, 1.807) is 18.6 Å². The van der Waals surface area contributed by atoms with Crippen molar-refractivity contribution in [1.29, 1.82) is 0 Å². The first-order valence-electron chi connectivity index (χ1n) is 6.18. The van der Waals surface area contributed by atoms with Gasteiger partial charge in [-0.2, -0.15) is 4.37 Å². The molecule has 0 atom stereocenters. The highest BCUT2D eigenvalue weighted by Crippen LogP contribution is 2.25. The molecule has 4 heteroatoms. The maximum Gasteiger partial charge on any atom is 0.118 e. The van der Waals surface area contributed by atoms with Gasteiger partial charge in [0.25, 0.3) is 0 Å². The minimum Gasteiger partial charge on any atom is -0.497 e. The van der Waals surface area contributed by atoms with Crippen LogP contribution in [0.5, 0.6) is 5.75 Å². The zero-order valence-electron chi connectivity index (χ0n) is 10.3. The summed E-state index contributed by atoms with van der Waals surface area (Å²) in [4.78, 5) is 1.30. The number of rotatable bonds is 5. The van der Waals surface area contributed by atoms with Crippen LogP contribution in [0.2, 0.25) is 0 Å². The highest BCUT2D eigenvalue weighted by molar-refractivity contribution is 7.06. The number of methoxy groups -OCH3 is 1. The lowest BCUT2D eigenvalue weighted by Gasteiger charge is -2.00. The molecule has 2 aromatic rings. The van der Waals surface area contributed by atoms with Crippen molar-refractivity contribution in [3.05, 3.63) is 35.2 Å². The molecule has 1 aliphatic carbocycles. The number of benzene rings is 1. The van der Waals surface area contributed by atoms with Crippen molar-refractivity contribution in [1.82, 2.24) is 9.69 Å². The summed E-state index contributed by atoms with van der Waals surface area (Å²) in [5.41, 5.74) is 2.19. The Morgan fingerprint density at radius 1 is 1.33 bits per heavy atom. The van der Waals surface area contributed by atoms with E-state index in [-0.39, 0.29) is 0 Å². The van der Waals surface area contributed by atoms with Gasteiger partial charge in [-0.25, -0.2) is 0 Å². The molecule has 1 aliphatic rings. The second kappa shape index (κ2) is 5.08. The van der Waals surface area contributed by atoms with Crippen molar-refractivity contribution < 1.29 is 4.74 Å². The van der Waals surface area contributed by atoms with Crippen LogP contribution < -0.4 is 10.1 Å². The smallest absolute Gasteiger partial charge is 0.118 e. The van der Waals surface area contributed by atoms with Gasteiger partial charge in [0, 0.05) is 23.0 Å². The summed E-state index contributed by atoms with van der Waals surface area (Å²) < 4.78 is 9.66. The molecule has 1 saturated carbocycles. The minimum absolute atomic E-state index is 0.747. The molecule has 0 bridgehead atoms. The summed E-state index contributed by atoms with van der Waals surface area (Å²) in [6.07, 6.45) is 2.65. The number of nitrogens with one attached hydrogen (secondary N) is 1. The molecule has 3 nitrogen and oxygen atoms in total. The van der Waals surface area contributed by atoms with Crippen LogP contribution >= 0.6 is 11.5 Å². The largest absolute Gasteiger partial charge is 0.497 e. The quantitative estimate of drug-likeness (QED) is 0.897. The first kappa shape index (κ1) is 11.7. The summed E-state index contributed by atoms with van der Waals surface area (Å²) in [6.45, 7) is 0.943. The normalized spacial score (nSPS) is 14.7. The summed E-state index contributed by atoms with van der Waals surface area (Å²) in [5, 5.41) is 3.51. The van der Waals surface area contributed by atoms with E-state index < -0.39 is 0 Å². The van der Waals surface area contributed by atoms with Crippen LogP contribution in [0.15, 0.2) is 30.3 Å². The van der Waals surface area contributed by atoms with Crippen molar-refractivity contribution in [2.45, 2.75) is 25.4 Å². The van der Waals surface area contributed by atoms with Crippen LogP contribution in [0.4, 0.5) is 0 Å². The number of ether oxygens (including phenoxy) is 1. The summed E-state index contributed by atoms with van der Waals surface area (Å²) in [5.74, 6) is 0.879. The zero-order chi connectivity index (χ0) is 12.4. The average Bonchev–Trinajstić information content (AvgIpc) is 3.14. The summed E-state index contributed by atoms with van der Waals surface area (Å²) >= 11 is 1.58. The lowest BCUT2D eigenvalue weighted by molar-refractivity contribution is 0.415. The monoisotopic (exact) mass is 260 g/mol. The minimum atomic E-state index is 0.747. The van der Waals surface area contributed by atoms with Crippen LogP contribution in [0.25, 0.3) is 11.3 Å². The third kappa shape index (κ3) is 2.71. The fourth-order valence-corrected chi connectivity index (χ4v) is 2.51. The van der Waals surface area contributed by atoms with Crippen molar-refractivity contribution >= 4 is 11.5 Å². The molecule has 18 heavy (non-hydrogen) atoms. The van der Waals surface area contributed by atoms with E-state index in [1.165, 1.54) is 17.7 Å². The topological polar surface area (TPSA) is 34.1 Å². The maximum absolute atomic E-state index is 5.15. The molecule has 0 aliphatic heterocycles. The Labute approximate surface area is 111 Å². The molecular weight excluding hydrogens is 244 g/mol. The van der Waals surface area contributed by atoms with Crippen molar-refractivity contribution in [2.24, 2.45) is 0 Å². The van der Waals surface area contributed by atoms with Crippen molar-refractivity contribution in [3.63, 3.8) is 0 Å². The molecule has 1 aromatic heterocycles. The lowest BCUT2D eigenvalue weighted by atomic mass is 10.1. The fraction of sp³-hybridized carbons (Fsp3) is 0.357. The van der Waals surface area contributed by atoms with Gasteiger partial charge in [0.1, 0.15) is 5.75 Å². The van der Waals surface area contributed by atoms with Gasteiger partial charge < -0.3 is 10.1 Å². The number of nitrogens with zero attached hydrogens (tertiary/aromatic N) is 1. The summed E-state index contributed by atoms with van der Waals surface area (Å²) in [7, 11) is 1.68. The van der Waals surface area contributed by atoms with E-state index in [0.717, 1.165) is 29.6 Å². The molecule has 0 saturated heterocycles. The predicted molar refractivity (Wildman–Crippen MR) is 74.0 cm³/mol. The molecule has 0 spiro atoms. The number of hydrogen-bond acceptors (Lipinski definition) is 4. The Morgan fingerprint density at radius 2 is 2.11 bits per heavy atom. The van der Waals surface area contributed by atoms with E-state index in [9.17, 15) is 0 Å². The second-order valence-electron chi connectivity index (χ2n) is 4.56. The summed E-state index contributed by atoms with van der Waals surface area (Å²) in [6, 6.07) is 10.9. The van der Waals surface area contributed by atoms with Gasteiger partial charge in [0.2, 0.25) is 0 Å². The van der Waals surface area contributed by atoms with Gasteiger partial charge in [-0.05, 0) is 54.7 Å². The highest BCUT2D eigenvalue weighted by atomic mass is 32.1. The second-order valence-corrected chi connectivity index (χ2v) is 5.45. The first-order chi connectivity index (χ1) is 8.85. The molecule has 1 aromatic carbocycles. The van der Waals surface area contributed by atoms with Gasteiger partial charge in [0.15, 0.2) is 0 Å². The van der Waals surface area contributed by atoms with Gasteiger partial charge in [-0.15, -0.1) is 0 Å². The van der Waals surface area contributed by atoms with Crippen LogP contribution in [-0.4, -0.2) is 17.5 Å². The molecule has 3 rings (SSSR count). The molecule has 0 unspecified atom stereocenters. The maximum atomic E-state index is 5.15. The van der Waals surface area contributed by atoms with Crippen LogP contribution in [-0.2, 0) is 6.54 Å². The standard InChI is InChI=1S/C14H16N2OS/c1-17-12-6-2-10(3-7-12)14-8-13(18-16-14)9-15-11-4-5-11/h2-3,6-8,11,15H,4-5,9H2,1H3. The Kier molecular flexibility index (Phi) is 3.30. The molecule has 0 amide bonds. The van der Waals surface area contributed by atoms with Crippen molar-refractivity contribution in [3.8, 4) is 17.0 Å². The van der Waals surface area contributed by atoms with E-state index in [0.29, 0.717) is 0 Å². The number of hydrogen-bond donors (Lipinski definition) is 1. The Hall–Kier alpha value is -1.39. The fourth-order valence-electron chi connectivity index (χ4n) is 1.83. The van der Waals surface area contributed by atoms with Crippen LogP contribution in [0.3, 0.4) is 0 Å². The zero-order valence-corrected chi connectivity index (χ0v) is 11.2. The molecule has 94 valence electrons. The third-order valence-electron chi connectivity index (χ3n) is 3.09. The average molecular weight is 260 g/mol. The van der Waals surface area contributed by atoms with E-state index >= 15 is 0 Å². The van der Waals surface area contributed by atoms with Crippen LogP contribution in [0, 0.1) is 0 Å². The Bertz CT molecular complexity index is 517. The Balaban J connectivity index is 1.70. The first-order valence-corrected chi connectivity index (χ1v) is 6.96. The van der Waals surface area contributed by atoms with E-state index in [2.05, 4.69) is 15.8 Å². The van der Waals surface area contributed by atoms with Crippen LogP contribution in [0.1, 0.15) is 17.7 Å². The van der Waals surface area contributed by atoms with Gasteiger partial charge >= 0.3 is 0 Å². The molecule has 0 radical (unpaired) electrons. The Morgan fingerprint density at radius 3 is 2.78 bits per heavy atom. The van der Waals surface area contributed by atoms with Gasteiger partial charge in [-0.1, -0.05) is 0 Å². The van der Waals surface area contributed by atoms with Gasteiger partial charge in [-0.3, -0.25) is 0 Å². The molecule has 1 N–H and O–H groups in total. The lowest BCUT2D eigenvalue weighted by Crippen LogP contribution is -2.14. The van der Waals surface area contributed by atoms with E-state index in [1.807, 2.05) is 24.3 Å². The number of aromatic nitrogens is 1. The van der Waals surface area contributed by atoms with Gasteiger partial charge in [0.05, 0.1) is 12.8 Å².